The third-order valence-corrected chi connectivity index (χ3v) is 4.86. The zero-order chi connectivity index (χ0) is 18.3. The molecule has 2 aromatic rings. The molecule has 7 heteroatoms. The van der Waals surface area contributed by atoms with Gasteiger partial charge in [-0.15, -0.1) is 0 Å². The molecule has 2 aromatic carbocycles. The van der Waals surface area contributed by atoms with Crippen LogP contribution in [-0.4, -0.2) is 27.0 Å². The molecule has 128 valence electrons. The Morgan fingerprint density at radius 3 is 2.69 bits per heavy atom. The van der Waals surface area contributed by atoms with Gasteiger partial charge in [-0.3, -0.25) is 10.2 Å². The van der Waals surface area contributed by atoms with Gasteiger partial charge < -0.3 is 0 Å². The van der Waals surface area contributed by atoms with Gasteiger partial charge in [0.1, 0.15) is 10.9 Å². The summed E-state index contributed by atoms with van der Waals surface area (Å²) in [4.78, 5) is 16.4. The van der Waals surface area contributed by atoms with Gasteiger partial charge in [0.15, 0.2) is 5.84 Å². The van der Waals surface area contributed by atoms with Crippen molar-refractivity contribution in [2.45, 2.75) is 6.92 Å². The molecule has 0 atom stereocenters. The third kappa shape index (κ3) is 2.97. The molecule has 0 aromatic heterocycles. The molecule has 2 heterocycles. The van der Waals surface area contributed by atoms with Crippen LogP contribution in [-0.2, 0) is 4.79 Å². The number of carbonyl (C=O) groups excluding carboxylic acids is 1. The predicted molar refractivity (Wildman–Crippen MR) is 102 cm³/mol. The van der Waals surface area contributed by atoms with E-state index in [4.69, 9.17) is 5.41 Å². The van der Waals surface area contributed by atoms with E-state index in [1.807, 2.05) is 31.2 Å². The minimum absolute atomic E-state index is 0.0421. The van der Waals surface area contributed by atoms with Crippen LogP contribution < -0.4 is 0 Å². The van der Waals surface area contributed by atoms with Crippen LogP contribution in [0, 0.1) is 18.2 Å². The van der Waals surface area contributed by atoms with Crippen LogP contribution in [0.4, 0.5) is 4.39 Å². The topological polar surface area (TPSA) is 68.9 Å². The molecule has 1 amide bonds. The molecule has 0 bridgehead atoms. The van der Waals surface area contributed by atoms with Crippen molar-refractivity contribution in [3.05, 3.63) is 76.6 Å². The van der Waals surface area contributed by atoms with Gasteiger partial charge in [-0.25, -0.2) is 4.39 Å². The van der Waals surface area contributed by atoms with Crippen LogP contribution in [0.1, 0.15) is 16.7 Å². The fourth-order valence-corrected chi connectivity index (χ4v) is 3.50. The molecule has 0 spiro atoms. The number of aryl methyl sites for hydroxylation is 1. The molecule has 2 aliphatic heterocycles. The van der Waals surface area contributed by atoms with Crippen LogP contribution >= 0.6 is 11.8 Å². The summed E-state index contributed by atoms with van der Waals surface area (Å²) < 4.78 is 13.0. The first-order valence-electron chi connectivity index (χ1n) is 7.84. The summed E-state index contributed by atoms with van der Waals surface area (Å²) in [6.07, 6.45) is 1.52. The van der Waals surface area contributed by atoms with Crippen molar-refractivity contribution in [2.75, 3.05) is 0 Å². The molecule has 26 heavy (non-hydrogen) atoms. The van der Waals surface area contributed by atoms with E-state index in [0.29, 0.717) is 15.8 Å². The Bertz CT molecular complexity index is 1020. The van der Waals surface area contributed by atoms with Crippen molar-refractivity contribution in [2.24, 2.45) is 10.1 Å². The Morgan fingerprint density at radius 1 is 1.19 bits per heavy atom. The molecule has 0 aliphatic carbocycles. The number of hydrazone groups is 1. The number of rotatable bonds is 2. The summed E-state index contributed by atoms with van der Waals surface area (Å²) in [6, 6.07) is 13.5. The second-order valence-electron chi connectivity index (χ2n) is 5.85. The first-order valence-corrected chi connectivity index (χ1v) is 8.66. The molecule has 2 aliphatic rings. The first-order chi connectivity index (χ1) is 12.5. The lowest BCUT2D eigenvalue weighted by Crippen LogP contribution is -2.35. The standard InChI is InChI=1S/C19H13FN4OS/c1-11-3-2-4-13(9-11)18-23-24-16(21)15(17(25)22-19(24)26-18)10-12-5-7-14(20)8-6-12/h2-10,21H,1H3/b15-10-,21-16?. The quantitative estimate of drug-likeness (QED) is 0.824. The Hall–Kier alpha value is -3.06. The Kier molecular flexibility index (Phi) is 4.00. The first kappa shape index (κ1) is 16.4. The number of carbonyl (C=O) groups is 1. The Balaban J connectivity index is 1.69. The second kappa shape index (κ2) is 6.34. The van der Waals surface area contributed by atoms with E-state index in [9.17, 15) is 9.18 Å². The van der Waals surface area contributed by atoms with E-state index in [-0.39, 0.29) is 17.2 Å². The average molecular weight is 364 g/mol. The van der Waals surface area contributed by atoms with Crippen LogP contribution in [0.2, 0.25) is 0 Å². The number of aliphatic imine (C=N–C) groups is 1. The lowest BCUT2D eigenvalue weighted by atomic mass is 10.1. The highest BCUT2D eigenvalue weighted by atomic mass is 32.2. The van der Waals surface area contributed by atoms with Crippen LogP contribution in [0.15, 0.2) is 64.2 Å². The molecule has 4 rings (SSSR count). The van der Waals surface area contributed by atoms with Crippen molar-refractivity contribution < 1.29 is 9.18 Å². The van der Waals surface area contributed by atoms with Gasteiger partial charge in [-0.1, -0.05) is 35.9 Å². The molecular formula is C19H13FN4OS. The van der Waals surface area contributed by atoms with E-state index in [1.54, 1.807) is 12.1 Å². The minimum atomic E-state index is -0.501. The number of nitrogens with one attached hydrogen (secondary N) is 1. The summed E-state index contributed by atoms with van der Waals surface area (Å²) in [6.45, 7) is 1.99. The maximum Gasteiger partial charge on any atom is 0.283 e. The number of nitrogens with zero attached hydrogens (tertiary/aromatic N) is 3. The molecule has 0 fully saturated rings. The van der Waals surface area contributed by atoms with Gasteiger partial charge in [0, 0.05) is 5.56 Å². The number of hydrogen-bond acceptors (Lipinski definition) is 4. The zero-order valence-corrected chi connectivity index (χ0v) is 14.5. The van der Waals surface area contributed by atoms with E-state index in [2.05, 4.69) is 10.1 Å². The summed E-state index contributed by atoms with van der Waals surface area (Å²) in [7, 11) is 0. The maximum absolute atomic E-state index is 13.0. The molecule has 5 nitrogen and oxygen atoms in total. The highest BCUT2D eigenvalue weighted by Gasteiger charge is 2.35. The smallest absolute Gasteiger partial charge is 0.282 e. The lowest BCUT2D eigenvalue weighted by molar-refractivity contribution is -0.114. The van der Waals surface area contributed by atoms with Gasteiger partial charge >= 0.3 is 0 Å². The van der Waals surface area contributed by atoms with E-state index >= 15 is 0 Å². The van der Waals surface area contributed by atoms with E-state index < -0.39 is 5.91 Å². The monoisotopic (exact) mass is 364 g/mol. The zero-order valence-electron chi connectivity index (χ0n) is 13.7. The van der Waals surface area contributed by atoms with Crippen molar-refractivity contribution in [3.8, 4) is 0 Å². The number of hydrogen-bond donors (Lipinski definition) is 1. The minimum Gasteiger partial charge on any atom is -0.282 e. The van der Waals surface area contributed by atoms with Crippen molar-refractivity contribution in [1.82, 2.24) is 5.01 Å². The fourth-order valence-electron chi connectivity index (χ4n) is 2.61. The van der Waals surface area contributed by atoms with Gasteiger partial charge in [0.25, 0.3) is 5.91 Å². The summed E-state index contributed by atoms with van der Waals surface area (Å²) in [5.74, 6) is -0.904. The number of benzene rings is 2. The summed E-state index contributed by atoms with van der Waals surface area (Å²) >= 11 is 1.26. The third-order valence-electron chi connectivity index (χ3n) is 3.90. The van der Waals surface area contributed by atoms with Crippen molar-refractivity contribution >= 4 is 39.8 Å². The largest absolute Gasteiger partial charge is 0.283 e. The van der Waals surface area contributed by atoms with E-state index in [0.717, 1.165) is 11.1 Å². The maximum atomic E-state index is 13.0. The van der Waals surface area contributed by atoms with Gasteiger partial charge in [0.2, 0.25) is 5.17 Å². The van der Waals surface area contributed by atoms with E-state index in [1.165, 1.54) is 35.0 Å². The number of fused-ring (bicyclic) bond motifs is 1. The van der Waals surface area contributed by atoms with Crippen LogP contribution in [0.3, 0.4) is 0 Å². The van der Waals surface area contributed by atoms with Gasteiger partial charge in [-0.2, -0.15) is 15.1 Å². The normalized spacial score (nSPS) is 18.1. The Labute approximate surface area is 153 Å². The molecule has 1 N–H and O–H groups in total. The Morgan fingerprint density at radius 2 is 1.96 bits per heavy atom. The second-order valence-corrected chi connectivity index (χ2v) is 6.80. The molecule has 0 radical (unpaired) electrons. The number of amides is 1. The summed E-state index contributed by atoms with van der Waals surface area (Å²) in [5, 5.41) is 15.2. The predicted octanol–water partition coefficient (Wildman–Crippen LogP) is 3.80. The highest BCUT2D eigenvalue weighted by molar-refractivity contribution is 8.27. The lowest BCUT2D eigenvalue weighted by Gasteiger charge is -2.20. The van der Waals surface area contributed by atoms with Gasteiger partial charge in [0.05, 0.1) is 5.57 Å². The van der Waals surface area contributed by atoms with Crippen molar-refractivity contribution in [1.29, 1.82) is 5.41 Å². The average Bonchev–Trinajstić information content (AvgIpc) is 3.04. The van der Waals surface area contributed by atoms with Gasteiger partial charge in [-0.05, 0) is 48.5 Å². The molecule has 0 unspecified atom stereocenters. The highest BCUT2D eigenvalue weighted by Crippen LogP contribution is 2.31. The number of thioether (sulfide) groups is 1. The van der Waals surface area contributed by atoms with Crippen LogP contribution in [0.25, 0.3) is 6.08 Å². The molecule has 0 saturated heterocycles. The number of amidine groups is 2. The van der Waals surface area contributed by atoms with Crippen molar-refractivity contribution in [3.63, 3.8) is 0 Å². The van der Waals surface area contributed by atoms with Crippen LogP contribution in [0.5, 0.6) is 0 Å². The SMILES string of the molecule is Cc1cccc(C2=NN3C(=N)/C(=C/c4ccc(F)cc4)C(=O)N=C3S2)c1. The summed E-state index contributed by atoms with van der Waals surface area (Å²) in [5.41, 5.74) is 2.75. The number of halogens is 1. The molecular weight excluding hydrogens is 351 g/mol. The molecule has 0 saturated carbocycles. The fraction of sp³-hybridized carbons (Fsp3) is 0.0526.